The highest BCUT2D eigenvalue weighted by molar-refractivity contribution is 5.27. The molecule has 0 bridgehead atoms. The Labute approximate surface area is 73.2 Å². The van der Waals surface area contributed by atoms with Gasteiger partial charge in [0.1, 0.15) is 0 Å². The highest BCUT2D eigenvalue weighted by Crippen LogP contribution is 2.39. The van der Waals surface area contributed by atoms with E-state index < -0.39 is 0 Å². The summed E-state index contributed by atoms with van der Waals surface area (Å²) in [6.45, 7) is 4.21. The van der Waals surface area contributed by atoms with Crippen LogP contribution in [0, 0.1) is 19.8 Å². The molecule has 0 amide bonds. The molecular formula is C10H16N2. The first-order valence-electron chi connectivity index (χ1n) is 4.60. The SMILES string of the molecule is Cc1cc(C)c(C(N)C2CC2)[nH]1. The van der Waals surface area contributed by atoms with Crippen LogP contribution in [-0.4, -0.2) is 4.98 Å². The third-order valence-corrected chi connectivity index (χ3v) is 2.65. The largest absolute Gasteiger partial charge is 0.361 e. The van der Waals surface area contributed by atoms with Gasteiger partial charge in [-0.2, -0.15) is 0 Å². The van der Waals surface area contributed by atoms with Crippen LogP contribution in [0.25, 0.3) is 0 Å². The van der Waals surface area contributed by atoms with Gasteiger partial charge in [-0.15, -0.1) is 0 Å². The average molecular weight is 164 g/mol. The molecule has 1 unspecified atom stereocenters. The van der Waals surface area contributed by atoms with Crippen molar-refractivity contribution in [2.75, 3.05) is 0 Å². The molecule has 2 nitrogen and oxygen atoms in total. The van der Waals surface area contributed by atoms with E-state index >= 15 is 0 Å². The summed E-state index contributed by atoms with van der Waals surface area (Å²) in [6.07, 6.45) is 2.61. The van der Waals surface area contributed by atoms with Crippen LogP contribution < -0.4 is 5.73 Å². The van der Waals surface area contributed by atoms with Gasteiger partial charge in [0.15, 0.2) is 0 Å². The Kier molecular flexibility index (Phi) is 1.72. The molecule has 0 aliphatic heterocycles. The number of aromatic amines is 1. The van der Waals surface area contributed by atoms with Crippen LogP contribution >= 0.6 is 0 Å². The van der Waals surface area contributed by atoms with Crippen molar-refractivity contribution in [2.24, 2.45) is 11.7 Å². The highest BCUT2D eigenvalue weighted by atomic mass is 14.8. The molecule has 2 heteroatoms. The number of aryl methyl sites for hydroxylation is 2. The molecule has 1 aliphatic rings. The van der Waals surface area contributed by atoms with Crippen molar-refractivity contribution in [3.8, 4) is 0 Å². The Morgan fingerprint density at radius 3 is 2.58 bits per heavy atom. The third-order valence-electron chi connectivity index (χ3n) is 2.65. The zero-order valence-electron chi connectivity index (χ0n) is 7.72. The fourth-order valence-electron chi connectivity index (χ4n) is 1.79. The monoisotopic (exact) mass is 164 g/mol. The number of hydrogen-bond donors (Lipinski definition) is 2. The summed E-state index contributed by atoms with van der Waals surface area (Å²) >= 11 is 0. The van der Waals surface area contributed by atoms with Crippen molar-refractivity contribution in [3.63, 3.8) is 0 Å². The van der Waals surface area contributed by atoms with Crippen LogP contribution in [0.15, 0.2) is 6.07 Å². The van der Waals surface area contributed by atoms with E-state index in [1.54, 1.807) is 0 Å². The summed E-state index contributed by atoms with van der Waals surface area (Å²) in [5.74, 6) is 0.738. The first-order chi connectivity index (χ1) is 5.68. The van der Waals surface area contributed by atoms with Gasteiger partial charge < -0.3 is 10.7 Å². The Balaban J connectivity index is 2.25. The fourth-order valence-corrected chi connectivity index (χ4v) is 1.79. The number of nitrogens with two attached hydrogens (primary N) is 1. The van der Waals surface area contributed by atoms with E-state index in [1.165, 1.54) is 29.8 Å². The second-order valence-electron chi connectivity index (χ2n) is 3.91. The van der Waals surface area contributed by atoms with Gasteiger partial charge in [-0.1, -0.05) is 0 Å². The number of aromatic nitrogens is 1. The molecule has 1 aromatic rings. The Bertz CT molecular complexity index is 284. The predicted octanol–water partition coefficient (Wildman–Crippen LogP) is 2.04. The lowest BCUT2D eigenvalue weighted by atomic mass is 10.1. The van der Waals surface area contributed by atoms with Gasteiger partial charge in [-0.25, -0.2) is 0 Å². The minimum Gasteiger partial charge on any atom is -0.361 e. The van der Waals surface area contributed by atoms with Gasteiger partial charge in [0.25, 0.3) is 0 Å². The molecule has 0 aromatic carbocycles. The second kappa shape index (κ2) is 2.63. The summed E-state index contributed by atoms with van der Waals surface area (Å²) in [4.78, 5) is 3.34. The molecule has 0 spiro atoms. The second-order valence-corrected chi connectivity index (χ2v) is 3.91. The minimum atomic E-state index is 0.249. The molecule has 1 fully saturated rings. The molecule has 1 atom stereocenters. The molecule has 1 aliphatic carbocycles. The quantitative estimate of drug-likeness (QED) is 0.690. The maximum absolute atomic E-state index is 6.08. The standard InChI is InChI=1S/C10H16N2/c1-6-5-7(2)12-10(6)9(11)8-3-4-8/h5,8-9,12H,3-4,11H2,1-2H3. The maximum atomic E-state index is 6.08. The van der Waals surface area contributed by atoms with Crippen LogP contribution in [0.4, 0.5) is 0 Å². The van der Waals surface area contributed by atoms with Gasteiger partial charge in [-0.05, 0) is 44.2 Å². The lowest BCUT2D eigenvalue weighted by molar-refractivity contribution is 0.614. The van der Waals surface area contributed by atoms with E-state index in [0.717, 1.165) is 5.92 Å². The molecule has 1 heterocycles. The molecule has 1 saturated carbocycles. The number of hydrogen-bond acceptors (Lipinski definition) is 1. The number of H-pyrrole nitrogens is 1. The van der Waals surface area contributed by atoms with Gasteiger partial charge in [0, 0.05) is 17.4 Å². The smallest absolute Gasteiger partial charge is 0.0479 e. The van der Waals surface area contributed by atoms with E-state index in [2.05, 4.69) is 24.9 Å². The lowest BCUT2D eigenvalue weighted by Gasteiger charge is -2.09. The van der Waals surface area contributed by atoms with E-state index in [9.17, 15) is 0 Å². The first-order valence-corrected chi connectivity index (χ1v) is 4.60. The summed E-state index contributed by atoms with van der Waals surface area (Å²) in [5.41, 5.74) is 9.86. The van der Waals surface area contributed by atoms with E-state index in [1.807, 2.05) is 0 Å². The van der Waals surface area contributed by atoms with Crippen LogP contribution in [-0.2, 0) is 0 Å². The van der Waals surface area contributed by atoms with Crippen LogP contribution in [0.2, 0.25) is 0 Å². The molecule has 0 saturated heterocycles. The van der Waals surface area contributed by atoms with Crippen LogP contribution in [0.3, 0.4) is 0 Å². The molecule has 2 rings (SSSR count). The zero-order valence-corrected chi connectivity index (χ0v) is 7.72. The molecule has 3 N–H and O–H groups in total. The van der Waals surface area contributed by atoms with Gasteiger partial charge >= 0.3 is 0 Å². The van der Waals surface area contributed by atoms with Crippen molar-refractivity contribution < 1.29 is 0 Å². The molecular weight excluding hydrogens is 148 g/mol. The minimum absolute atomic E-state index is 0.249. The van der Waals surface area contributed by atoms with E-state index in [-0.39, 0.29) is 6.04 Å². The number of nitrogens with one attached hydrogen (secondary N) is 1. The molecule has 0 radical (unpaired) electrons. The predicted molar refractivity (Wildman–Crippen MR) is 49.9 cm³/mol. The van der Waals surface area contributed by atoms with Crippen molar-refractivity contribution in [3.05, 3.63) is 23.0 Å². The van der Waals surface area contributed by atoms with Crippen molar-refractivity contribution in [1.82, 2.24) is 4.98 Å². The summed E-state index contributed by atoms with van der Waals surface area (Å²) in [6, 6.07) is 2.41. The Morgan fingerprint density at radius 1 is 1.50 bits per heavy atom. The average Bonchev–Trinajstić information content (AvgIpc) is 2.77. The van der Waals surface area contributed by atoms with Gasteiger partial charge in [0.05, 0.1) is 0 Å². The zero-order chi connectivity index (χ0) is 8.72. The summed E-state index contributed by atoms with van der Waals surface area (Å²) in [7, 11) is 0. The van der Waals surface area contributed by atoms with Crippen molar-refractivity contribution >= 4 is 0 Å². The van der Waals surface area contributed by atoms with E-state index in [4.69, 9.17) is 5.73 Å². The van der Waals surface area contributed by atoms with Gasteiger partial charge in [0.2, 0.25) is 0 Å². The molecule has 12 heavy (non-hydrogen) atoms. The molecule has 66 valence electrons. The Morgan fingerprint density at radius 2 is 2.17 bits per heavy atom. The third kappa shape index (κ3) is 1.27. The normalized spacial score (nSPS) is 19.6. The van der Waals surface area contributed by atoms with Crippen molar-refractivity contribution in [1.29, 1.82) is 0 Å². The van der Waals surface area contributed by atoms with Crippen LogP contribution in [0.1, 0.15) is 35.8 Å². The number of rotatable bonds is 2. The van der Waals surface area contributed by atoms with E-state index in [0.29, 0.717) is 0 Å². The topological polar surface area (TPSA) is 41.8 Å². The maximum Gasteiger partial charge on any atom is 0.0479 e. The van der Waals surface area contributed by atoms with Crippen molar-refractivity contribution in [2.45, 2.75) is 32.7 Å². The highest BCUT2D eigenvalue weighted by Gasteiger charge is 2.30. The van der Waals surface area contributed by atoms with Crippen LogP contribution in [0.5, 0.6) is 0 Å². The lowest BCUT2D eigenvalue weighted by Crippen LogP contribution is -2.13. The first kappa shape index (κ1) is 7.87. The van der Waals surface area contributed by atoms with Gasteiger partial charge in [-0.3, -0.25) is 0 Å². The fraction of sp³-hybridized carbons (Fsp3) is 0.600. The summed E-state index contributed by atoms with van der Waals surface area (Å²) in [5, 5.41) is 0. The summed E-state index contributed by atoms with van der Waals surface area (Å²) < 4.78 is 0. The molecule has 1 aromatic heterocycles. The Hall–Kier alpha value is -0.760.